The van der Waals surface area contributed by atoms with E-state index in [0.717, 1.165) is 11.1 Å². The summed E-state index contributed by atoms with van der Waals surface area (Å²) in [5, 5.41) is 10.5. The first kappa shape index (κ1) is 15.5. The predicted molar refractivity (Wildman–Crippen MR) is 86.3 cm³/mol. The Kier molecular flexibility index (Phi) is 5.91. The van der Waals surface area contributed by atoms with Gasteiger partial charge in [0.1, 0.15) is 6.61 Å². The van der Waals surface area contributed by atoms with Crippen LogP contribution in [0.25, 0.3) is 6.08 Å². The molecule has 110 valence electrons. The summed E-state index contributed by atoms with van der Waals surface area (Å²) >= 11 is 0. The van der Waals surface area contributed by atoms with Crippen molar-refractivity contribution in [1.29, 1.82) is 0 Å². The van der Waals surface area contributed by atoms with Crippen molar-refractivity contribution in [3.63, 3.8) is 0 Å². The monoisotopic (exact) mass is 293 g/mol. The summed E-state index contributed by atoms with van der Waals surface area (Å²) in [4.78, 5) is 10.1. The van der Waals surface area contributed by atoms with E-state index >= 15 is 0 Å². The minimum Gasteiger partial charge on any atom is -0.365 e. The predicted octanol–water partition coefficient (Wildman–Crippen LogP) is 3.68. The molecule has 0 bridgehead atoms. The van der Waals surface area contributed by atoms with Crippen molar-refractivity contribution in [2.24, 2.45) is 0 Å². The average Bonchev–Trinajstić information content (AvgIpc) is 2.55. The maximum Gasteiger partial charge on any atom is 0.269 e. The van der Waals surface area contributed by atoms with Crippen molar-refractivity contribution in [3.05, 3.63) is 81.9 Å². The Labute approximate surface area is 129 Å². The highest BCUT2D eigenvalue weighted by molar-refractivity contribution is 5.48. The second-order valence-electron chi connectivity index (χ2n) is 4.43. The van der Waals surface area contributed by atoms with Gasteiger partial charge in [0.15, 0.2) is 0 Å². The number of hydrogen-bond donors (Lipinski definition) is 0. The van der Waals surface area contributed by atoms with Crippen LogP contribution < -0.4 is 0 Å². The van der Waals surface area contributed by atoms with Gasteiger partial charge >= 0.3 is 0 Å². The van der Waals surface area contributed by atoms with Gasteiger partial charge in [-0.3, -0.25) is 10.1 Å². The molecule has 0 aliphatic carbocycles. The van der Waals surface area contributed by atoms with Gasteiger partial charge in [-0.25, -0.2) is 0 Å². The zero-order valence-corrected chi connectivity index (χ0v) is 11.9. The van der Waals surface area contributed by atoms with E-state index in [4.69, 9.17) is 4.74 Å². The maximum atomic E-state index is 10.5. The molecule has 2 aromatic carbocycles. The lowest BCUT2D eigenvalue weighted by Gasteiger charge is -1.94. The molecule has 0 unspecified atom stereocenters. The Morgan fingerprint density at radius 1 is 1.09 bits per heavy atom. The maximum absolute atomic E-state index is 10.5. The van der Waals surface area contributed by atoms with Crippen LogP contribution in [0.4, 0.5) is 5.69 Å². The fraction of sp³-hybridized carbons (Fsp3) is 0.111. The van der Waals surface area contributed by atoms with Gasteiger partial charge < -0.3 is 4.74 Å². The Morgan fingerprint density at radius 2 is 1.82 bits per heavy atom. The molecular formula is C18H15NO3. The number of nitrogens with zero attached hydrogens (tertiary/aromatic N) is 1. The van der Waals surface area contributed by atoms with Gasteiger partial charge in [0.25, 0.3) is 5.69 Å². The molecule has 0 saturated carbocycles. The molecule has 2 rings (SSSR count). The molecule has 0 spiro atoms. The van der Waals surface area contributed by atoms with Gasteiger partial charge in [0.2, 0.25) is 0 Å². The second-order valence-corrected chi connectivity index (χ2v) is 4.43. The quantitative estimate of drug-likeness (QED) is 0.366. The van der Waals surface area contributed by atoms with Crippen LogP contribution >= 0.6 is 0 Å². The van der Waals surface area contributed by atoms with E-state index < -0.39 is 4.92 Å². The van der Waals surface area contributed by atoms with E-state index in [2.05, 4.69) is 11.8 Å². The number of ether oxygens (including phenoxy) is 1. The van der Waals surface area contributed by atoms with Crippen molar-refractivity contribution in [3.8, 4) is 11.8 Å². The number of nitro groups is 1. The van der Waals surface area contributed by atoms with Crippen molar-refractivity contribution >= 4 is 11.8 Å². The van der Waals surface area contributed by atoms with Gasteiger partial charge in [-0.05, 0) is 17.7 Å². The molecule has 0 aliphatic rings. The second kappa shape index (κ2) is 8.40. The number of rotatable bonds is 5. The highest BCUT2D eigenvalue weighted by Gasteiger charge is 2.01. The number of non-ortho nitro benzene ring substituents is 1. The van der Waals surface area contributed by atoms with Crippen LogP contribution in [-0.4, -0.2) is 18.1 Å². The zero-order valence-electron chi connectivity index (χ0n) is 11.9. The summed E-state index contributed by atoms with van der Waals surface area (Å²) in [6.45, 7) is 0.806. The molecule has 0 radical (unpaired) electrons. The van der Waals surface area contributed by atoms with E-state index in [1.165, 1.54) is 12.1 Å². The highest BCUT2D eigenvalue weighted by Crippen LogP contribution is 2.10. The standard InChI is InChI=1S/C18H15NO3/c20-19(21)18-12-10-17(11-13-18)9-5-15-22-14-4-8-16-6-2-1-3-7-16/h1-4,6-8,10-13H,14-15H2/b8-4+. The first-order valence-electron chi connectivity index (χ1n) is 6.78. The lowest BCUT2D eigenvalue weighted by Crippen LogP contribution is -1.91. The van der Waals surface area contributed by atoms with E-state index in [-0.39, 0.29) is 5.69 Å². The van der Waals surface area contributed by atoms with Crippen LogP contribution in [-0.2, 0) is 4.74 Å². The summed E-state index contributed by atoms with van der Waals surface area (Å²) < 4.78 is 5.37. The van der Waals surface area contributed by atoms with E-state index in [9.17, 15) is 10.1 Å². The summed E-state index contributed by atoms with van der Waals surface area (Å²) in [5.41, 5.74) is 1.92. The van der Waals surface area contributed by atoms with Crippen molar-refractivity contribution in [2.75, 3.05) is 13.2 Å². The molecule has 0 saturated heterocycles. The molecule has 0 aromatic heterocycles. The Bertz CT molecular complexity index is 695. The average molecular weight is 293 g/mol. The number of benzene rings is 2. The molecule has 0 heterocycles. The summed E-state index contributed by atoms with van der Waals surface area (Å²) in [6.07, 6.45) is 3.92. The summed E-state index contributed by atoms with van der Waals surface area (Å²) in [6, 6.07) is 16.1. The molecule has 0 atom stereocenters. The smallest absolute Gasteiger partial charge is 0.269 e. The lowest BCUT2D eigenvalue weighted by molar-refractivity contribution is -0.384. The van der Waals surface area contributed by atoms with Crippen molar-refractivity contribution in [2.45, 2.75) is 0 Å². The third-order valence-corrected chi connectivity index (χ3v) is 2.81. The molecule has 2 aromatic rings. The number of hydrogen-bond acceptors (Lipinski definition) is 3. The van der Waals surface area contributed by atoms with Crippen LogP contribution in [0.3, 0.4) is 0 Å². The lowest BCUT2D eigenvalue weighted by atomic mass is 10.2. The molecule has 0 fully saturated rings. The molecule has 4 nitrogen and oxygen atoms in total. The van der Waals surface area contributed by atoms with Gasteiger partial charge in [-0.1, -0.05) is 54.3 Å². The topological polar surface area (TPSA) is 52.4 Å². The summed E-state index contributed by atoms with van der Waals surface area (Å²) in [5.74, 6) is 5.77. The van der Waals surface area contributed by atoms with Crippen molar-refractivity contribution in [1.82, 2.24) is 0 Å². The van der Waals surface area contributed by atoms with Crippen molar-refractivity contribution < 1.29 is 9.66 Å². The van der Waals surface area contributed by atoms with E-state index in [1.807, 2.05) is 42.5 Å². The minimum absolute atomic E-state index is 0.0628. The molecule has 0 amide bonds. The third-order valence-electron chi connectivity index (χ3n) is 2.81. The zero-order chi connectivity index (χ0) is 15.6. The Morgan fingerprint density at radius 3 is 2.50 bits per heavy atom. The molecule has 4 heteroatoms. The van der Waals surface area contributed by atoms with Crippen LogP contribution in [0.5, 0.6) is 0 Å². The van der Waals surface area contributed by atoms with Crippen LogP contribution in [0.2, 0.25) is 0 Å². The van der Waals surface area contributed by atoms with Crippen LogP contribution in [0, 0.1) is 22.0 Å². The highest BCUT2D eigenvalue weighted by atomic mass is 16.6. The van der Waals surface area contributed by atoms with E-state index in [0.29, 0.717) is 13.2 Å². The SMILES string of the molecule is O=[N+]([O-])c1ccc(C#CCOC/C=C/c2ccccc2)cc1. The minimum atomic E-state index is -0.431. The van der Waals surface area contributed by atoms with E-state index in [1.54, 1.807) is 12.1 Å². The summed E-state index contributed by atoms with van der Waals surface area (Å²) in [7, 11) is 0. The van der Waals surface area contributed by atoms with Gasteiger partial charge in [-0.2, -0.15) is 0 Å². The van der Waals surface area contributed by atoms with Gasteiger partial charge in [-0.15, -0.1) is 0 Å². The number of nitro benzene ring substituents is 1. The first-order chi connectivity index (χ1) is 10.8. The third kappa shape index (κ3) is 5.23. The fourth-order valence-corrected chi connectivity index (χ4v) is 1.73. The fourth-order valence-electron chi connectivity index (χ4n) is 1.73. The molecule has 0 aliphatic heterocycles. The normalized spacial score (nSPS) is 10.2. The van der Waals surface area contributed by atoms with Gasteiger partial charge in [0.05, 0.1) is 11.5 Å². The molecular weight excluding hydrogens is 278 g/mol. The van der Waals surface area contributed by atoms with Crippen LogP contribution in [0.15, 0.2) is 60.7 Å². The molecule has 0 N–H and O–H groups in total. The van der Waals surface area contributed by atoms with Gasteiger partial charge in [0, 0.05) is 17.7 Å². The Balaban J connectivity index is 1.73. The first-order valence-corrected chi connectivity index (χ1v) is 6.78. The largest absolute Gasteiger partial charge is 0.365 e. The van der Waals surface area contributed by atoms with Crippen LogP contribution in [0.1, 0.15) is 11.1 Å². The molecule has 22 heavy (non-hydrogen) atoms. The Hall–Kier alpha value is -2.90.